The molecule has 0 aliphatic rings. The van der Waals surface area contributed by atoms with Crippen molar-refractivity contribution in [2.45, 2.75) is 32.4 Å². The van der Waals surface area contributed by atoms with Gasteiger partial charge in [0.25, 0.3) is 0 Å². The normalized spacial score (nSPS) is 12.0. The van der Waals surface area contributed by atoms with Crippen LogP contribution < -0.4 is 16.4 Å². The molecule has 4 N–H and O–H groups in total. The number of nitrogens with one attached hydrogen (secondary N) is 2. The molecule has 6 heteroatoms. The minimum absolute atomic E-state index is 0.0242. The molecule has 0 aliphatic carbocycles. The topological polar surface area (TPSA) is 93.4 Å². The van der Waals surface area contributed by atoms with E-state index in [1.807, 2.05) is 13.8 Å². The van der Waals surface area contributed by atoms with Crippen molar-refractivity contribution in [3.05, 3.63) is 29.8 Å². The quantitative estimate of drug-likeness (QED) is 0.688. The van der Waals surface area contributed by atoms with Crippen molar-refractivity contribution in [3.8, 4) is 0 Å². The highest BCUT2D eigenvalue weighted by Crippen LogP contribution is 2.10. The Labute approximate surface area is 125 Å². The van der Waals surface area contributed by atoms with Crippen LogP contribution in [0.5, 0.6) is 0 Å². The number of amides is 2. The number of hydrogen-bond donors (Lipinski definition) is 3. The third-order valence-electron chi connectivity index (χ3n) is 2.72. The molecule has 0 bridgehead atoms. The monoisotopic (exact) mass is 293 g/mol. The van der Waals surface area contributed by atoms with E-state index >= 15 is 0 Å². The van der Waals surface area contributed by atoms with Crippen LogP contribution in [-0.4, -0.2) is 37.6 Å². The van der Waals surface area contributed by atoms with Gasteiger partial charge in [0, 0.05) is 18.8 Å². The van der Waals surface area contributed by atoms with E-state index in [1.54, 1.807) is 24.3 Å². The van der Waals surface area contributed by atoms with Gasteiger partial charge in [0.2, 0.25) is 11.8 Å². The van der Waals surface area contributed by atoms with E-state index in [0.717, 1.165) is 5.56 Å². The van der Waals surface area contributed by atoms with E-state index < -0.39 is 6.04 Å². The zero-order chi connectivity index (χ0) is 15.8. The van der Waals surface area contributed by atoms with Gasteiger partial charge in [-0.3, -0.25) is 9.59 Å². The number of carbonyl (C=O) groups is 2. The number of rotatable bonds is 7. The third-order valence-corrected chi connectivity index (χ3v) is 2.72. The maximum Gasteiger partial charge on any atom is 0.243 e. The highest BCUT2D eigenvalue weighted by atomic mass is 16.5. The molecule has 0 radical (unpaired) electrons. The van der Waals surface area contributed by atoms with E-state index in [9.17, 15) is 9.59 Å². The molecule has 0 saturated carbocycles. The van der Waals surface area contributed by atoms with Crippen LogP contribution in [0.15, 0.2) is 24.3 Å². The average molecular weight is 293 g/mol. The summed E-state index contributed by atoms with van der Waals surface area (Å²) in [5.41, 5.74) is 7.15. The Balaban J connectivity index is 2.54. The fourth-order valence-electron chi connectivity index (χ4n) is 1.75. The summed E-state index contributed by atoms with van der Waals surface area (Å²) in [5.74, 6) is -0.328. The Morgan fingerprint density at radius 3 is 2.38 bits per heavy atom. The number of benzene rings is 1. The maximum absolute atomic E-state index is 11.7. The second-order valence-electron chi connectivity index (χ2n) is 5.15. The summed E-state index contributed by atoms with van der Waals surface area (Å²) >= 11 is 0. The minimum Gasteiger partial charge on any atom is -0.383 e. The van der Waals surface area contributed by atoms with E-state index in [2.05, 4.69) is 10.6 Å². The number of hydrogen-bond acceptors (Lipinski definition) is 4. The molecule has 1 atom stereocenters. The van der Waals surface area contributed by atoms with Crippen molar-refractivity contribution < 1.29 is 14.3 Å². The standard InChI is InChI=1S/C15H23N3O3/c1-10(2)17-14(19)8-11-4-6-12(7-5-11)18-15(20)13(16)9-21-3/h4-7,10,13H,8-9,16H2,1-3H3,(H,17,19)(H,18,20). The first kappa shape index (κ1) is 17.1. The van der Waals surface area contributed by atoms with Gasteiger partial charge in [-0.05, 0) is 31.5 Å². The van der Waals surface area contributed by atoms with Gasteiger partial charge in [0.05, 0.1) is 13.0 Å². The molecule has 1 aromatic carbocycles. The van der Waals surface area contributed by atoms with E-state index in [-0.39, 0.29) is 24.5 Å². The Hall–Kier alpha value is -1.92. The lowest BCUT2D eigenvalue weighted by Gasteiger charge is -2.12. The van der Waals surface area contributed by atoms with Gasteiger partial charge in [-0.2, -0.15) is 0 Å². The van der Waals surface area contributed by atoms with E-state index in [4.69, 9.17) is 10.5 Å². The Morgan fingerprint density at radius 2 is 1.86 bits per heavy atom. The Kier molecular flexibility index (Phi) is 6.84. The van der Waals surface area contributed by atoms with Gasteiger partial charge < -0.3 is 21.1 Å². The first-order chi connectivity index (χ1) is 9.92. The fourth-order valence-corrected chi connectivity index (χ4v) is 1.75. The highest BCUT2D eigenvalue weighted by Gasteiger charge is 2.13. The average Bonchev–Trinajstić information content (AvgIpc) is 2.40. The molecule has 0 fully saturated rings. The first-order valence-electron chi connectivity index (χ1n) is 6.86. The second kappa shape index (κ2) is 8.39. The summed E-state index contributed by atoms with van der Waals surface area (Å²) in [6.45, 7) is 4.00. The van der Waals surface area contributed by atoms with Crippen molar-refractivity contribution in [1.29, 1.82) is 0 Å². The summed E-state index contributed by atoms with van der Waals surface area (Å²) in [7, 11) is 1.49. The van der Waals surface area contributed by atoms with Gasteiger partial charge in [-0.1, -0.05) is 12.1 Å². The highest BCUT2D eigenvalue weighted by molar-refractivity contribution is 5.94. The molecule has 0 heterocycles. The summed E-state index contributed by atoms with van der Waals surface area (Å²) in [5, 5.41) is 5.52. The van der Waals surface area contributed by atoms with Crippen LogP contribution >= 0.6 is 0 Å². The summed E-state index contributed by atoms with van der Waals surface area (Å²) in [6.07, 6.45) is 0.315. The Bertz CT molecular complexity index is 472. The van der Waals surface area contributed by atoms with Crippen LogP contribution in [0.1, 0.15) is 19.4 Å². The number of carbonyl (C=O) groups excluding carboxylic acids is 2. The molecule has 2 amide bonds. The SMILES string of the molecule is COCC(N)C(=O)Nc1ccc(CC(=O)NC(C)C)cc1. The molecular weight excluding hydrogens is 270 g/mol. The number of anilines is 1. The zero-order valence-corrected chi connectivity index (χ0v) is 12.7. The molecular formula is C15H23N3O3. The van der Waals surface area contributed by atoms with Crippen LogP contribution in [0.3, 0.4) is 0 Å². The lowest BCUT2D eigenvalue weighted by molar-refractivity contribution is -0.121. The van der Waals surface area contributed by atoms with Crippen molar-refractivity contribution in [2.75, 3.05) is 19.0 Å². The van der Waals surface area contributed by atoms with Crippen LogP contribution in [0.4, 0.5) is 5.69 Å². The molecule has 0 aliphatic heterocycles. The molecule has 1 unspecified atom stereocenters. The summed E-state index contributed by atoms with van der Waals surface area (Å²) in [4.78, 5) is 23.3. The number of nitrogens with two attached hydrogens (primary N) is 1. The van der Waals surface area contributed by atoms with Crippen molar-refractivity contribution in [3.63, 3.8) is 0 Å². The lowest BCUT2D eigenvalue weighted by atomic mass is 10.1. The molecule has 1 aromatic rings. The van der Waals surface area contributed by atoms with Gasteiger partial charge in [-0.25, -0.2) is 0 Å². The number of methoxy groups -OCH3 is 1. The predicted molar refractivity (Wildman–Crippen MR) is 81.9 cm³/mol. The molecule has 6 nitrogen and oxygen atoms in total. The van der Waals surface area contributed by atoms with Gasteiger partial charge in [0.1, 0.15) is 6.04 Å². The molecule has 0 aromatic heterocycles. The first-order valence-corrected chi connectivity index (χ1v) is 6.86. The van der Waals surface area contributed by atoms with Gasteiger partial charge in [0.15, 0.2) is 0 Å². The van der Waals surface area contributed by atoms with Gasteiger partial charge in [-0.15, -0.1) is 0 Å². The molecule has 0 spiro atoms. The summed E-state index contributed by atoms with van der Waals surface area (Å²) in [6, 6.07) is 6.52. The van der Waals surface area contributed by atoms with Crippen molar-refractivity contribution >= 4 is 17.5 Å². The molecule has 0 saturated heterocycles. The van der Waals surface area contributed by atoms with Gasteiger partial charge >= 0.3 is 0 Å². The molecule has 1 rings (SSSR count). The van der Waals surface area contributed by atoms with Crippen molar-refractivity contribution in [1.82, 2.24) is 5.32 Å². The van der Waals surface area contributed by atoms with Crippen LogP contribution in [-0.2, 0) is 20.7 Å². The van der Waals surface area contributed by atoms with E-state index in [1.165, 1.54) is 7.11 Å². The van der Waals surface area contributed by atoms with Crippen LogP contribution in [0.2, 0.25) is 0 Å². The van der Waals surface area contributed by atoms with Crippen LogP contribution in [0, 0.1) is 0 Å². The second-order valence-corrected chi connectivity index (χ2v) is 5.15. The number of ether oxygens (including phenoxy) is 1. The zero-order valence-electron chi connectivity index (χ0n) is 12.7. The molecule has 21 heavy (non-hydrogen) atoms. The smallest absolute Gasteiger partial charge is 0.243 e. The largest absolute Gasteiger partial charge is 0.383 e. The maximum atomic E-state index is 11.7. The Morgan fingerprint density at radius 1 is 1.24 bits per heavy atom. The lowest BCUT2D eigenvalue weighted by Crippen LogP contribution is -2.39. The fraction of sp³-hybridized carbons (Fsp3) is 0.467. The predicted octanol–water partition coefficient (Wildman–Crippen LogP) is 0.666. The third kappa shape index (κ3) is 6.37. The summed E-state index contributed by atoms with van der Waals surface area (Å²) < 4.78 is 4.83. The van der Waals surface area contributed by atoms with E-state index in [0.29, 0.717) is 12.1 Å². The van der Waals surface area contributed by atoms with Crippen molar-refractivity contribution in [2.24, 2.45) is 5.73 Å². The minimum atomic E-state index is -0.702. The molecule has 116 valence electrons. The van der Waals surface area contributed by atoms with Crippen LogP contribution in [0.25, 0.3) is 0 Å².